The fourth-order valence-electron chi connectivity index (χ4n) is 2.41. The van der Waals surface area contributed by atoms with Crippen molar-refractivity contribution in [3.8, 4) is 0 Å². The molecule has 2 aliphatic heterocycles. The van der Waals surface area contributed by atoms with Gasteiger partial charge in [0.2, 0.25) is 5.91 Å². The Labute approximate surface area is 111 Å². The molecule has 1 saturated heterocycles. The van der Waals surface area contributed by atoms with Gasteiger partial charge < -0.3 is 14.9 Å². The first-order chi connectivity index (χ1) is 9.08. The summed E-state index contributed by atoms with van der Waals surface area (Å²) in [7, 11) is 1.64. The van der Waals surface area contributed by atoms with Gasteiger partial charge in [0.05, 0.1) is 0 Å². The summed E-state index contributed by atoms with van der Waals surface area (Å²) in [5.41, 5.74) is 10.2. The minimum atomic E-state index is -0.727. The number of carbonyl (C=O) groups excluding carboxylic acids is 1. The van der Waals surface area contributed by atoms with Crippen molar-refractivity contribution in [1.29, 1.82) is 0 Å². The molecule has 0 aromatic carbocycles. The molecule has 2 heterocycles. The molecule has 2 unspecified atom stereocenters. The smallest absolute Gasteiger partial charge is 0.235 e. The number of hydrogen-bond acceptors (Lipinski definition) is 4. The lowest BCUT2D eigenvalue weighted by Gasteiger charge is -2.32. The van der Waals surface area contributed by atoms with Gasteiger partial charge in [-0.15, -0.1) is 0 Å². The fraction of sp³-hybridized carbons (Fsp3) is 0.583. The highest BCUT2D eigenvalue weighted by molar-refractivity contribution is 5.85. The summed E-state index contributed by atoms with van der Waals surface area (Å²) in [5, 5.41) is 13.5. The van der Waals surface area contributed by atoms with E-state index in [9.17, 15) is 9.90 Å². The van der Waals surface area contributed by atoms with Gasteiger partial charge in [0.1, 0.15) is 12.3 Å². The van der Waals surface area contributed by atoms with E-state index < -0.39 is 12.3 Å². The number of hydrogen-bond donors (Lipinski definition) is 1. The third-order valence-electron chi connectivity index (χ3n) is 3.52. The van der Waals surface area contributed by atoms with Gasteiger partial charge in [0.25, 0.3) is 0 Å². The normalized spacial score (nSPS) is 27.0. The number of nitrogens with zero attached hydrogens (tertiary/aromatic N) is 5. The van der Waals surface area contributed by atoms with Crippen LogP contribution in [0.2, 0.25) is 0 Å². The molecule has 0 aliphatic carbocycles. The first kappa shape index (κ1) is 13.5. The van der Waals surface area contributed by atoms with Crippen molar-refractivity contribution in [1.82, 2.24) is 9.80 Å². The van der Waals surface area contributed by atoms with Gasteiger partial charge in [-0.25, -0.2) is 0 Å². The highest BCUT2D eigenvalue weighted by atomic mass is 16.3. The van der Waals surface area contributed by atoms with Crippen LogP contribution < -0.4 is 0 Å². The molecule has 7 heteroatoms. The monoisotopic (exact) mass is 263 g/mol. The first-order valence-electron chi connectivity index (χ1n) is 6.27. The Balaban J connectivity index is 2.36. The molecule has 0 saturated carbocycles. The molecule has 2 aliphatic rings. The summed E-state index contributed by atoms with van der Waals surface area (Å²) < 4.78 is 0. The van der Waals surface area contributed by atoms with Crippen LogP contribution in [0.4, 0.5) is 0 Å². The number of carbonyl (C=O) groups is 1. The second-order valence-corrected chi connectivity index (χ2v) is 4.61. The van der Waals surface area contributed by atoms with Crippen LogP contribution in [-0.4, -0.2) is 46.7 Å². The molecule has 1 amide bonds. The number of aliphatic hydroxyl groups excluding tert-OH is 1. The van der Waals surface area contributed by atoms with Crippen molar-refractivity contribution >= 4 is 5.91 Å². The van der Waals surface area contributed by atoms with Crippen molar-refractivity contribution in [2.45, 2.75) is 32.0 Å². The van der Waals surface area contributed by atoms with E-state index in [0.717, 1.165) is 5.57 Å². The lowest BCUT2D eigenvalue weighted by molar-refractivity contribution is -0.129. The molecule has 0 aromatic heterocycles. The Morgan fingerprint density at radius 3 is 3.00 bits per heavy atom. The van der Waals surface area contributed by atoms with E-state index in [-0.39, 0.29) is 5.91 Å². The van der Waals surface area contributed by atoms with Gasteiger partial charge in [0.15, 0.2) is 0 Å². The second-order valence-electron chi connectivity index (χ2n) is 4.61. The number of likely N-dealkylation sites (N-methyl/N-ethyl adjacent to an activating group) is 2. The van der Waals surface area contributed by atoms with Crippen molar-refractivity contribution in [3.05, 3.63) is 34.0 Å². The minimum Gasteiger partial charge on any atom is -0.370 e. The van der Waals surface area contributed by atoms with Gasteiger partial charge in [-0.2, -0.15) is 0 Å². The van der Waals surface area contributed by atoms with E-state index >= 15 is 0 Å². The number of allylic oxidation sites excluding steroid dienone is 1. The first-order valence-corrected chi connectivity index (χ1v) is 6.27. The van der Waals surface area contributed by atoms with E-state index in [1.165, 1.54) is 4.90 Å². The standard InChI is InChI=1S/C12H17N5O2/c1-3-17-7-8-4-5-9(14-15-13)12(19)16(2)10(8)6-11(17)18/h6-7,9,11,18H,3-5H2,1-2H3. The zero-order chi connectivity index (χ0) is 14.0. The van der Waals surface area contributed by atoms with E-state index in [1.807, 2.05) is 13.1 Å². The summed E-state index contributed by atoms with van der Waals surface area (Å²) in [6.07, 6.45) is 3.95. The molecule has 0 bridgehead atoms. The van der Waals surface area contributed by atoms with Crippen LogP contribution in [0.25, 0.3) is 10.4 Å². The van der Waals surface area contributed by atoms with Crippen molar-refractivity contribution < 1.29 is 9.90 Å². The summed E-state index contributed by atoms with van der Waals surface area (Å²) in [6.45, 7) is 2.64. The van der Waals surface area contributed by atoms with Crippen LogP contribution in [0.5, 0.6) is 0 Å². The van der Waals surface area contributed by atoms with Crippen LogP contribution in [0.3, 0.4) is 0 Å². The molecule has 2 atom stereocenters. The molecule has 2 rings (SSSR count). The number of aliphatic hydroxyl groups is 1. The van der Waals surface area contributed by atoms with Crippen LogP contribution in [-0.2, 0) is 4.79 Å². The van der Waals surface area contributed by atoms with Gasteiger partial charge in [-0.3, -0.25) is 4.79 Å². The third kappa shape index (κ3) is 2.43. The summed E-state index contributed by atoms with van der Waals surface area (Å²) in [6, 6.07) is -0.672. The lowest BCUT2D eigenvalue weighted by Crippen LogP contribution is -2.37. The molecule has 0 aromatic rings. The van der Waals surface area contributed by atoms with E-state index in [1.54, 1.807) is 18.0 Å². The van der Waals surface area contributed by atoms with Gasteiger partial charge in [0, 0.05) is 30.4 Å². The van der Waals surface area contributed by atoms with Crippen LogP contribution in [0.1, 0.15) is 19.8 Å². The Kier molecular flexibility index (Phi) is 3.78. The Hall–Kier alpha value is -1.98. The molecule has 0 spiro atoms. The Morgan fingerprint density at radius 2 is 2.37 bits per heavy atom. The maximum atomic E-state index is 12.1. The van der Waals surface area contributed by atoms with Gasteiger partial charge in [-0.05, 0) is 36.9 Å². The van der Waals surface area contributed by atoms with E-state index in [4.69, 9.17) is 5.53 Å². The number of azide groups is 1. The zero-order valence-electron chi connectivity index (χ0n) is 11.0. The molecule has 1 N–H and O–H groups in total. The number of amides is 1. The predicted molar refractivity (Wildman–Crippen MR) is 69.5 cm³/mol. The molecule has 1 fully saturated rings. The highest BCUT2D eigenvalue weighted by Crippen LogP contribution is 2.30. The molecule has 102 valence electrons. The minimum absolute atomic E-state index is 0.232. The third-order valence-corrected chi connectivity index (χ3v) is 3.52. The van der Waals surface area contributed by atoms with Crippen molar-refractivity contribution in [3.63, 3.8) is 0 Å². The molecule has 0 radical (unpaired) electrons. The second kappa shape index (κ2) is 5.34. The predicted octanol–water partition coefficient (Wildman–Crippen LogP) is 1.34. The Morgan fingerprint density at radius 1 is 1.63 bits per heavy atom. The van der Waals surface area contributed by atoms with E-state index in [2.05, 4.69) is 10.0 Å². The van der Waals surface area contributed by atoms with Gasteiger partial charge >= 0.3 is 0 Å². The number of likely N-dealkylation sites (tertiary alicyclic amines) is 1. The quantitative estimate of drug-likeness (QED) is 0.463. The van der Waals surface area contributed by atoms with Crippen LogP contribution >= 0.6 is 0 Å². The molecule has 7 nitrogen and oxygen atoms in total. The van der Waals surface area contributed by atoms with Gasteiger partial charge in [-0.1, -0.05) is 5.11 Å². The molecular formula is C12H17N5O2. The molecular weight excluding hydrogens is 246 g/mol. The van der Waals surface area contributed by atoms with Crippen molar-refractivity contribution in [2.75, 3.05) is 13.6 Å². The average molecular weight is 263 g/mol. The van der Waals surface area contributed by atoms with Crippen molar-refractivity contribution in [2.24, 2.45) is 5.11 Å². The largest absolute Gasteiger partial charge is 0.370 e. The van der Waals surface area contributed by atoms with E-state index in [0.29, 0.717) is 25.1 Å². The SMILES string of the molecule is CCN1C=C2CCC(N=[N+]=[N-])C(=O)N(C)C2=CC1O. The fourth-order valence-corrected chi connectivity index (χ4v) is 2.41. The number of rotatable bonds is 2. The summed E-state index contributed by atoms with van der Waals surface area (Å²) >= 11 is 0. The average Bonchev–Trinajstić information content (AvgIpc) is 2.51. The lowest BCUT2D eigenvalue weighted by atomic mass is 10.0. The summed E-state index contributed by atoms with van der Waals surface area (Å²) in [4.78, 5) is 18.1. The topological polar surface area (TPSA) is 92.5 Å². The Bertz CT molecular complexity index is 492. The maximum absolute atomic E-state index is 12.1. The number of fused-ring (bicyclic) bond motifs is 1. The zero-order valence-corrected chi connectivity index (χ0v) is 11.0. The maximum Gasteiger partial charge on any atom is 0.235 e. The van der Waals surface area contributed by atoms with Crippen LogP contribution in [0, 0.1) is 0 Å². The molecule has 19 heavy (non-hydrogen) atoms. The highest BCUT2D eigenvalue weighted by Gasteiger charge is 2.32. The summed E-state index contributed by atoms with van der Waals surface area (Å²) in [5.74, 6) is -0.232. The van der Waals surface area contributed by atoms with Crippen LogP contribution in [0.15, 0.2) is 28.7 Å².